The van der Waals surface area contributed by atoms with Gasteiger partial charge < -0.3 is 4.42 Å². The Morgan fingerprint density at radius 3 is 0.716 bits per heavy atom. The molecule has 374 valence electrons. The van der Waals surface area contributed by atoms with Crippen molar-refractivity contribution in [3.05, 3.63) is 291 Å². The highest BCUT2D eigenvalue weighted by molar-refractivity contribution is 6.28. The van der Waals surface area contributed by atoms with E-state index >= 15 is 0 Å². The molecule has 16 aromatic carbocycles. The van der Waals surface area contributed by atoms with Gasteiger partial charge in [0.15, 0.2) is 0 Å². The average molecular weight is 1030 g/mol. The van der Waals surface area contributed by atoms with Gasteiger partial charge >= 0.3 is 0 Å². The minimum atomic E-state index is 0.871. The molecule has 0 bridgehead atoms. The third kappa shape index (κ3) is 7.05. The summed E-state index contributed by atoms with van der Waals surface area (Å²) in [5, 5.41) is 22.0. The number of fused-ring (bicyclic) bond motifs is 11. The molecule has 17 aromatic rings. The van der Waals surface area contributed by atoms with Gasteiger partial charge in [-0.3, -0.25) is 0 Å². The van der Waals surface area contributed by atoms with E-state index in [4.69, 9.17) is 4.42 Å². The summed E-state index contributed by atoms with van der Waals surface area (Å²) in [5.41, 5.74) is 16.3. The van der Waals surface area contributed by atoms with Crippen molar-refractivity contribution in [2.24, 2.45) is 0 Å². The van der Waals surface area contributed by atoms with Crippen molar-refractivity contribution in [2.75, 3.05) is 0 Å². The normalized spacial score (nSPS) is 12.0. The summed E-state index contributed by atoms with van der Waals surface area (Å²) in [4.78, 5) is 0. The molecule has 1 heterocycles. The highest BCUT2D eigenvalue weighted by Crippen LogP contribution is 2.50. The maximum atomic E-state index is 6.71. The first-order valence-electron chi connectivity index (χ1n) is 28.1. The Morgan fingerprint density at radius 1 is 0.160 bits per heavy atom. The van der Waals surface area contributed by atoms with Crippen molar-refractivity contribution in [2.45, 2.75) is 0 Å². The quantitative estimate of drug-likeness (QED) is 0.151. The minimum Gasteiger partial charge on any atom is -0.456 e. The summed E-state index contributed by atoms with van der Waals surface area (Å²) < 4.78 is 6.71. The van der Waals surface area contributed by atoms with Crippen molar-refractivity contribution in [3.8, 4) is 66.8 Å². The third-order valence-corrected chi connectivity index (χ3v) is 17.4. The average Bonchev–Trinajstić information content (AvgIpc) is 4.07. The second-order valence-corrected chi connectivity index (χ2v) is 21.7. The van der Waals surface area contributed by atoms with E-state index in [1.165, 1.54) is 131 Å². The zero-order chi connectivity index (χ0) is 53.1. The van der Waals surface area contributed by atoms with Crippen LogP contribution in [0.5, 0.6) is 0 Å². The Morgan fingerprint density at radius 2 is 0.395 bits per heavy atom. The molecule has 17 rings (SSSR count). The summed E-state index contributed by atoms with van der Waals surface area (Å²) in [5.74, 6) is 0. The van der Waals surface area contributed by atoms with Gasteiger partial charge in [-0.1, -0.05) is 255 Å². The van der Waals surface area contributed by atoms with Crippen LogP contribution in [-0.2, 0) is 0 Å². The fraction of sp³-hybridized carbons (Fsp3) is 0. The SMILES string of the molecule is c1ccc2c(-c3c4ccccc4c(-c4cccc5ccccc45)c4cc(-c5ccc6oc7ccc(-c8ccc9c(-c%10cccc%11ccccc%10%11)c%10ccccc%10c(-c%10cccc%11ccccc%10%11)c9c8)cc7c6c5)ccc34)cccc2c1. The lowest BCUT2D eigenvalue weighted by atomic mass is 9.82. The van der Waals surface area contributed by atoms with Gasteiger partial charge in [0.2, 0.25) is 0 Å². The zero-order valence-electron chi connectivity index (χ0n) is 44.1. The minimum absolute atomic E-state index is 0.871. The van der Waals surface area contributed by atoms with Crippen LogP contribution in [0.15, 0.2) is 296 Å². The molecule has 0 N–H and O–H groups in total. The van der Waals surface area contributed by atoms with Crippen molar-refractivity contribution < 1.29 is 4.42 Å². The first-order valence-corrected chi connectivity index (χ1v) is 28.1. The second-order valence-electron chi connectivity index (χ2n) is 21.7. The molecule has 0 fully saturated rings. The first-order chi connectivity index (χ1) is 40.2. The summed E-state index contributed by atoms with van der Waals surface area (Å²) >= 11 is 0. The van der Waals surface area contributed by atoms with Gasteiger partial charge in [0.1, 0.15) is 11.2 Å². The van der Waals surface area contributed by atoms with Crippen molar-refractivity contribution in [1.29, 1.82) is 0 Å². The maximum Gasteiger partial charge on any atom is 0.135 e. The van der Waals surface area contributed by atoms with Crippen LogP contribution in [0.25, 0.3) is 175 Å². The molecule has 1 aromatic heterocycles. The molecule has 0 spiro atoms. The van der Waals surface area contributed by atoms with E-state index in [9.17, 15) is 0 Å². The molecule has 0 atom stereocenters. The fourth-order valence-corrected chi connectivity index (χ4v) is 13.8. The van der Waals surface area contributed by atoms with E-state index in [0.717, 1.165) is 44.2 Å². The zero-order valence-corrected chi connectivity index (χ0v) is 44.1. The number of benzene rings is 16. The lowest BCUT2D eigenvalue weighted by Gasteiger charge is -2.20. The molecule has 0 radical (unpaired) electrons. The van der Waals surface area contributed by atoms with Gasteiger partial charge in [0.25, 0.3) is 0 Å². The van der Waals surface area contributed by atoms with Crippen LogP contribution in [0.2, 0.25) is 0 Å². The summed E-state index contributed by atoms with van der Waals surface area (Å²) in [6.07, 6.45) is 0. The van der Waals surface area contributed by atoms with Crippen molar-refractivity contribution in [3.63, 3.8) is 0 Å². The van der Waals surface area contributed by atoms with Gasteiger partial charge in [0.05, 0.1) is 0 Å². The maximum absolute atomic E-state index is 6.71. The van der Waals surface area contributed by atoms with Crippen LogP contribution in [-0.4, -0.2) is 0 Å². The molecular formula is C80H48O. The van der Waals surface area contributed by atoms with Gasteiger partial charge in [-0.2, -0.15) is 0 Å². The molecule has 0 aliphatic carbocycles. The van der Waals surface area contributed by atoms with Gasteiger partial charge in [-0.05, 0) is 189 Å². The fourth-order valence-electron chi connectivity index (χ4n) is 13.8. The molecule has 0 amide bonds. The Hall–Kier alpha value is -10.6. The highest BCUT2D eigenvalue weighted by Gasteiger charge is 2.23. The smallest absolute Gasteiger partial charge is 0.135 e. The molecule has 1 nitrogen and oxygen atoms in total. The molecule has 0 aliphatic heterocycles. The molecule has 81 heavy (non-hydrogen) atoms. The van der Waals surface area contributed by atoms with E-state index in [-0.39, 0.29) is 0 Å². The van der Waals surface area contributed by atoms with Crippen LogP contribution in [0.4, 0.5) is 0 Å². The number of hydrogen-bond acceptors (Lipinski definition) is 1. The van der Waals surface area contributed by atoms with Gasteiger partial charge in [0, 0.05) is 10.8 Å². The van der Waals surface area contributed by atoms with Gasteiger partial charge in [-0.25, -0.2) is 0 Å². The van der Waals surface area contributed by atoms with Crippen molar-refractivity contribution in [1.82, 2.24) is 0 Å². The summed E-state index contributed by atoms with van der Waals surface area (Å²) in [6, 6.07) is 108. The molecule has 0 saturated carbocycles. The summed E-state index contributed by atoms with van der Waals surface area (Å²) in [6.45, 7) is 0. The second kappa shape index (κ2) is 18.0. The largest absolute Gasteiger partial charge is 0.456 e. The van der Waals surface area contributed by atoms with Crippen molar-refractivity contribution >= 4 is 108 Å². The van der Waals surface area contributed by atoms with E-state index < -0.39 is 0 Å². The molecule has 1 heteroatoms. The number of furan rings is 1. The standard InChI is InChI=1S/C80H48O/c1-5-25-57-49(17-1)21-13-33-61(57)77-65-29-9-11-31-67(65)79(63-35-15-23-51-19-3-7-27-59(51)63)73-47-53(37-41-69(73)77)55-39-43-75-71(45-55)72-46-56(40-44-76(72)81-75)54-38-42-70-74(48-54)80(64-36-16-24-52-20-4-8-28-60(52)64)68-32-12-10-30-66(68)78(70)62-34-14-22-50-18-2-6-26-58(50)62/h1-48H. The first kappa shape index (κ1) is 45.4. The van der Waals surface area contributed by atoms with E-state index in [2.05, 4.69) is 291 Å². The Labute approximate surface area is 467 Å². The van der Waals surface area contributed by atoms with Crippen LogP contribution in [0.1, 0.15) is 0 Å². The molecule has 0 aliphatic rings. The van der Waals surface area contributed by atoms with E-state index in [1.54, 1.807) is 0 Å². The van der Waals surface area contributed by atoms with E-state index in [0.29, 0.717) is 0 Å². The molecule has 0 saturated heterocycles. The Bertz CT molecular complexity index is 5120. The predicted molar refractivity (Wildman–Crippen MR) is 346 cm³/mol. The lowest BCUT2D eigenvalue weighted by Crippen LogP contribution is -1.93. The topological polar surface area (TPSA) is 13.1 Å². The Kier molecular flexibility index (Phi) is 10.1. The molecular weight excluding hydrogens is 977 g/mol. The molecule has 0 unspecified atom stereocenters. The number of hydrogen-bond donors (Lipinski definition) is 0. The van der Waals surface area contributed by atoms with E-state index in [1.807, 2.05) is 0 Å². The van der Waals surface area contributed by atoms with Crippen LogP contribution >= 0.6 is 0 Å². The van der Waals surface area contributed by atoms with Crippen LogP contribution < -0.4 is 0 Å². The Balaban J connectivity index is 0.876. The summed E-state index contributed by atoms with van der Waals surface area (Å²) in [7, 11) is 0. The highest BCUT2D eigenvalue weighted by atomic mass is 16.3. The monoisotopic (exact) mass is 1020 g/mol. The van der Waals surface area contributed by atoms with Gasteiger partial charge in [-0.15, -0.1) is 0 Å². The lowest BCUT2D eigenvalue weighted by molar-refractivity contribution is 0.669. The van der Waals surface area contributed by atoms with Crippen LogP contribution in [0, 0.1) is 0 Å². The third-order valence-electron chi connectivity index (χ3n) is 17.4. The van der Waals surface area contributed by atoms with Crippen LogP contribution in [0.3, 0.4) is 0 Å². The number of rotatable bonds is 6. The predicted octanol–water partition coefficient (Wildman–Crippen LogP) is 22.8.